The standard InChI is InChI=1S/C16H21FN2O3/c1-3-11(2)18-16(21)12-8-19(9-12)15(20)10-22-14-7-5-4-6-13(14)17/h4-7,11-12H,3,8-10H2,1-2H3,(H,18,21). The first-order valence-corrected chi connectivity index (χ1v) is 7.46. The highest BCUT2D eigenvalue weighted by molar-refractivity contribution is 5.85. The summed E-state index contributed by atoms with van der Waals surface area (Å²) in [6.07, 6.45) is 0.873. The summed E-state index contributed by atoms with van der Waals surface area (Å²) in [4.78, 5) is 25.3. The lowest BCUT2D eigenvalue weighted by Crippen LogP contribution is -2.57. The van der Waals surface area contributed by atoms with Crippen molar-refractivity contribution in [3.8, 4) is 5.75 Å². The Morgan fingerprint density at radius 1 is 1.41 bits per heavy atom. The number of rotatable bonds is 6. The van der Waals surface area contributed by atoms with E-state index in [1.165, 1.54) is 12.1 Å². The molecule has 1 aromatic carbocycles. The third-order valence-electron chi connectivity index (χ3n) is 3.79. The molecule has 0 aliphatic carbocycles. The zero-order valence-electron chi connectivity index (χ0n) is 12.8. The van der Waals surface area contributed by atoms with Crippen LogP contribution < -0.4 is 10.1 Å². The van der Waals surface area contributed by atoms with Crippen LogP contribution in [0.5, 0.6) is 5.75 Å². The summed E-state index contributed by atoms with van der Waals surface area (Å²) in [5.74, 6) is -0.858. The molecule has 1 atom stereocenters. The minimum absolute atomic E-state index is 0.0200. The van der Waals surface area contributed by atoms with E-state index < -0.39 is 5.82 Å². The quantitative estimate of drug-likeness (QED) is 0.868. The Labute approximate surface area is 129 Å². The molecule has 1 heterocycles. The smallest absolute Gasteiger partial charge is 0.260 e. The molecular formula is C16H21FN2O3. The molecule has 0 saturated carbocycles. The van der Waals surface area contributed by atoms with Crippen molar-refractivity contribution in [2.75, 3.05) is 19.7 Å². The normalized spacial score (nSPS) is 15.9. The van der Waals surface area contributed by atoms with Crippen LogP contribution in [0.25, 0.3) is 0 Å². The van der Waals surface area contributed by atoms with Gasteiger partial charge in [0.05, 0.1) is 5.92 Å². The average Bonchev–Trinajstić information content (AvgIpc) is 2.44. The molecule has 2 amide bonds. The van der Waals surface area contributed by atoms with Gasteiger partial charge in [0.15, 0.2) is 18.2 Å². The van der Waals surface area contributed by atoms with E-state index in [9.17, 15) is 14.0 Å². The second kappa shape index (κ2) is 7.24. The number of carbonyl (C=O) groups is 2. The number of para-hydroxylation sites is 1. The summed E-state index contributed by atoms with van der Waals surface area (Å²) in [5, 5.41) is 2.90. The molecule has 6 heteroatoms. The number of likely N-dealkylation sites (tertiary alicyclic amines) is 1. The molecule has 1 N–H and O–H groups in total. The first-order valence-electron chi connectivity index (χ1n) is 7.46. The van der Waals surface area contributed by atoms with E-state index in [1.54, 1.807) is 17.0 Å². The Morgan fingerprint density at radius 2 is 2.09 bits per heavy atom. The van der Waals surface area contributed by atoms with Gasteiger partial charge >= 0.3 is 0 Å². The predicted octanol–water partition coefficient (Wildman–Crippen LogP) is 1.58. The molecule has 22 heavy (non-hydrogen) atoms. The molecule has 0 spiro atoms. The first kappa shape index (κ1) is 16.3. The molecule has 5 nitrogen and oxygen atoms in total. The van der Waals surface area contributed by atoms with Crippen LogP contribution in [-0.4, -0.2) is 42.5 Å². The van der Waals surface area contributed by atoms with Crippen molar-refractivity contribution in [2.45, 2.75) is 26.3 Å². The number of halogens is 1. The summed E-state index contributed by atoms with van der Waals surface area (Å²) >= 11 is 0. The lowest BCUT2D eigenvalue weighted by atomic mass is 9.98. The Bertz CT molecular complexity index is 544. The van der Waals surface area contributed by atoms with Gasteiger partial charge in [-0.05, 0) is 25.5 Å². The largest absolute Gasteiger partial charge is 0.481 e. The number of nitrogens with one attached hydrogen (secondary N) is 1. The second-order valence-electron chi connectivity index (χ2n) is 5.53. The molecule has 1 saturated heterocycles. The molecule has 1 aromatic rings. The summed E-state index contributed by atoms with van der Waals surface area (Å²) in [5.41, 5.74) is 0. The molecule has 2 rings (SSSR count). The van der Waals surface area contributed by atoms with Crippen LogP contribution in [0, 0.1) is 11.7 Å². The number of hydrogen-bond donors (Lipinski definition) is 1. The van der Waals surface area contributed by atoms with E-state index >= 15 is 0 Å². The first-order chi connectivity index (χ1) is 10.5. The van der Waals surface area contributed by atoms with Crippen molar-refractivity contribution >= 4 is 11.8 Å². The van der Waals surface area contributed by atoms with Gasteiger partial charge in [-0.1, -0.05) is 19.1 Å². The average molecular weight is 308 g/mol. The van der Waals surface area contributed by atoms with Gasteiger partial charge < -0.3 is 15.0 Å². The lowest BCUT2D eigenvalue weighted by Gasteiger charge is -2.38. The fraction of sp³-hybridized carbons (Fsp3) is 0.500. The Balaban J connectivity index is 1.73. The Kier molecular flexibility index (Phi) is 5.35. The van der Waals surface area contributed by atoms with E-state index in [4.69, 9.17) is 4.74 Å². The highest BCUT2D eigenvalue weighted by atomic mass is 19.1. The van der Waals surface area contributed by atoms with Crippen molar-refractivity contribution in [3.05, 3.63) is 30.1 Å². The van der Waals surface area contributed by atoms with Crippen LogP contribution in [0.1, 0.15) is 20.3 Å². The molecule has 1 fully saturated rings. The maximum Gasteiger partial charge on any atom is 0.260 e. The number of benzene rings is 1. The van der Waals surface area contributed by atoms with E-state index in [0.29, 0.717) is 13.1 Å². The van der Waals surface area contributed by atoms with E-state index in [2.05, 4.69) is 5.32 Å². The van der Waals surface area contributed by atoms with Crippen molar-refractivity contribution in [1.29, 1.82) is 0 Å². The number of carbonyl (C=O) groups excluding carboxylic acids is 2. The second-order valence-corrected chi connectivity index (χ2v) is 5.53. The highest BCUT2D eigenvalue weighted by Crippen LogP contribution is 2.18. The van der Waals surface area contributed by atoms with Crippen molar-refractivity contribution in [1.82, 2.24) is 10.2 Å². The fourth-order valence-corrected chi connectivity index (χ4v) is 2.10. The van der Waals surface area contributed by atoms with E-state index in [-0.39, 0.29) is 36.1 Å². The minimum atomic E-state index is -0.496. The molecule has 0 bridgehead atoms. The lowest BCUT2D eigenvalue weighted by molar-refractivity contribution is -0.144. The van der Waals surface area contributed by atoms with Gasteiger partial charge in [-0.3, -0.25) is 9.59 Å². The van der Waals surface area contributed by atoms with Gasteiger partial charge in [0, 0.05) is 19.1 Å². The van der Waals surface area contributed by atoms with Crippen LogP contribution in [0.3, 0.4) is 0 Å². The SMILES string of the molecule is CCC(C)NC(=O)C1CN(C(=O)COc2ccccc2F)C1. The monoisotopic (exact) mass is 308 g/mol. The van der Waals surface area contributed by atoms with Crippen LogP contribution in [0.15, 0.2) is 24.3 Å². The summed E-state index contributed by atoms with van der Waals surface area (Å²) in [6, 6.07) is 6.09. The maximum absolute atomic E-state index is 13.4. The zero-order chi connectivity index (χ0) is 16.1. The van der Waals surface area contributed by atoms with E-state index in [1.807, 2.05) is 13.8 Å². The van der Waals surface area contributed by atoms with Crippen molar-refractivity contribution in [3.63, 3.8) is 0 Å². The fourth-order valence-electron chi connectivity index (χ4n) is 2.10. The van der Waals surface area contributed by atoms with Crippen molar-refractivity contribution in [2.24, 2.45) is 5.92 Å². The molecule has 0 radical (unpaired) electrons. The predicted molar refractivity (Wildman–Crippen MR) is 79.9 cm³/mol. The van der Waals surface area contributed by atoms with E-state index in [0.717, 1.165) is 6.42 Å². The molecular weight excluding hydrogens is 287 g/mol. The summed E-state index contributed by atoms with van der Waals surface area (Å²) in [7, 11) is 0. The van der Waals surface area contributed by atoms with Crippen LogP contribution in [0.2, 0.25) is 0 Å². The number of nitrogens with zero attached hydrogens (tertiary/aromatic N) is 1. The number of amides is 2. The third-order valence-corrected chi connectivity index (χ3v) is 3.79. The minimum Gasteiger partial charge on any atom is -0.481 e. The van der Waals surface area contributed by atoms with Gasteiger partial charge in [-0.2, -0.15) is 0 Å². The zero-order valence-corrected chi connectivity index (χ0v) is 12.8. The van der Waals surface area contributed by atoms with Gasteiger partial charge in [-0.25, -0.2) is 4.39 Å². The Morgan fingerprint density at radius 3 is 2.73 bits per heavy atom. The third kappa shape index (κ3) is 3.96. The number of hydrogen-bond acceptors (Lipinski definition) is 3. The topological polar surface area (TPSA) is 58.6 Å². The molecule has 0 aromatic heterocycles. The Hall–Kier alpha value is -2.11. The van der Waals surface area contributed by atoms with Crippen LogP contribution >= 0.6 is 0 Å². The highest BCUT2D eigenvalue weighted by Gasteiger charge is 2.35. The van der Waals surface area contributed by atoms with Crippen LogP contribution in [0.4, 0.5) is 4.39 Å². The molecule has 1 aliphatic heterocycles. The maximum atomic E-state index is 13.4. The van der Waals surface area contributed by atoms with Crippen molar-refractivity contribution < 1.29 is 18.7 Å². The summed E-state index contributed by atoms with van der Waals surface area (Å²) < 4.78 is 18.5. The summed E-state index contributed by atoms with van der Waals surface area (Å²) in [6.45, 7) is 4.51. The van der Waals surface area contributed by atoms with Gasteiger partial charge in [0.1, 0.15) is 0 Å². The van der Waals surface area contributed by atoms with Crippen LogP contribution in [-0.2, 0) is 9.59 Å². The molecule has 120 valence electrons. The number of ether oxygens (including phenoxy) is 1. The van der Waals surface area contributed by atoms with Gasteiger partial charge in [-0.15, -0.1) is 0 Å². The van der Waals surface area contributed by atoms with Gasteiger partial charge in [0.2, 0.25) is 5.91 Å². The molecule has 1 unspecified atom stereocenters. The van der Waals surface area contributed by atoms with Gasteiger partial charge in [0.25, 0.3) is 5.91 Å². The molecule has 1 aliphatic rings.